The van der Waals surface area contributed by atoms with E-state index >= 15 is 0 Å². The van der Waals surface area contributed by atoms with Crippen LogP contribution in [0.15, 0.2) is 36.4 Å². The van der Waals surface area contributed by atoms with E-state index in [2.05, 4.69) is 36.5 Å². The van der Waals surface area contributed by atoms with Crippen LogP contribution in [0, 0.1) is 6.92 Å². The van der Waals surface area contributed by atoms with E-state index in [4.69, 9.17) is 0 Å². The molecule has 0 saturated heterocycles. The lowest BCUT2D eigenvalue weighted by molar-refractivity contribution is -0.123. The van der Waals surface area contributed by atoms with Crippen molar-refractivity contribution in [1.29, 1.82) is 0 Å². The van der Waals surface area contributed by atoms with Crippen LogP contribution in [-0.4, -0.2) is 5.91 Å². The minimum atomic E-state index is 0.0576. The highest BCUT2D eigenvalue weighted by molar-refractivity contribution is 7.11. The number of amides is 1. The van der Waals surface area contributed by atoms with E-state index in [1.807, 2.05) is 12.1 Å². The molecule has 1 aromatic heterocycles. The number of hydrogen-bond donors (Lipinski definition) is 1. The minimum absolute atomic E-state index is 0.0576. The molecule has 2 nitrogen and oxygen atoms in total. The summed E-state index contributed by atoms with van der Waals surface area (Å²) in [5.41, 5.74) is 2.50. The van der Waals surface area contributed by atoms with E-state index in [-0.39, 0.29) is 11.8 Å². The molecular formula is C15H15NOS. The molecule has 0 spiro atoms. The molecule has 3 heteroatoms. The molecule has 0 saturated carbocycles. The molecule has 1 N–H and O–H groups in total. The van der Waals surface area contributed by atoms with E-state index < -0.39 is 0 Å². The smallest absolute Gasteiger partial charge is 0.228 e. The molecule has 1 aliphatic rings. The van der Waals surface area contributed by atoms with E-state index in [1.54, 1.807) is 11.3 Å². The number of thiophene rings is 1. The summed E-state index contributed by atoms with van der Waals surface area (Å²) in [6, 6.07) is 12.3. The van der Waals surface area contributed by atoms with Gasteiger partial charge in [-0.25, -0.2) is 0 Å². The van der Waals surface area contributed by atoms with E-state index in [9.17, 15) is 4.79 Å². The summed E-state index contributed by atoms with van der Waals surface area (Å²) < 4.78 is 0. The highest BCUT2D eigenvalue weighted by Gasteiger charge is 2.31. The van der Waals surface area contributed by atoms with Gasteiger partial charge in [0.1, 0.15) is 0 Å². The van der Waals surface area contributed by atoms with Gasteiger partial charge in [-0.2, -0.15) is 0 Å². The van der Waals surface area contributed by atoms with E-state index in [0.29, 0.717) is 6.54 Å². The summed E-state index contributed by atoms with van der Waals surface area (Å²) in [4.78, 5) is 14.6. The fourth-order valence-electron chi connectivity index (χ4n) is 2.37. The zero-order valence-electron chi connectivity index (χ0n) is 10.3. The highest BCUT2D eigenvalue weighted by atomic mass is 32.1. The summed E-state index contributed by atoms with van der Waals surface area (Å²) in [6.45, 7) is 2.73. The van der Waals surface area contributed by atoms with Crippen molar-refractivity contribution >= 4 is 17.2 Å². The number of nitrogens with one attached hydrogen (secondary N) is 1. The van der Waals surface area contributed by atoms with Crippen LogP contribution in [0.2, 0.25) is 0 Å². The van der Waals surface area contributed by atoms with Gasteiger partial charge in [0, 0.05) is 9.75 Å². The molecule has 0 radical (unpaired) electrons. The SMILES string of the molecule is Cc1ccc(CNC(=O)[C@H]2Cc3ccccc32)s1. The molecule has 0 aliphatic heterocycles. The quantitative estimate of drug-likeness (QED) is 0.899. The average molecular weight is 257 g/mol. The Hall–Kier alpha value is -1.61. The summed E-state index contributed by atoms with van der Waals surface area (Å²) in [5.74, 6) is 0.210. The molecule has 18 heavy (non-hydrogen) atoms. The second-order valence-corrected chi connectivity index (χ2v) is 6.06. The number of hydrogen-bond acceptors (Lipinski definition) is 2. The molecule has 0 unspecified atom stereocenters. The molecule has 92 valence electrons. The Kier molecular flexibility index (Phi) is 2.92. The Morgan fingerprint density at radius 1 is 1.33 bits per heavy atom. The van der Waals surface area contributed by atoms with Gasteiger partial charge in [-0.05, 0) is 36.6 Å². The maximum Gasteiger partial charge on any atom is 0.228 e. The largest absolute Gasteiger partial charge is 0.351 e. The summed E-state index contributed by atoms with van der Waals surface area (Å²) in [5, 5.41) is 3.03. The number of carbonyl (C=O) groups excluding carboxylic acids is 1. The van der Waals surface area contributed by atoms with Crippen molar-refractivity contribution in [2.75, 3.05) is 0 Å². The fourth-order valence-corrected chi connectivity index (χ4v) is 3.20. The first-order valence-corrected chi connectivity index (χ1v) is 6.96. The van der Waals surface area contributed by atoms with Gasteiger partial charge >= 0.3 is 0 Å². The molecule has 1 amide bonds. The first-order chi connectivity index (χ1) is 8.74. The Morgan fingerprint density at radius 2 is 2.17 bits per heavy atom. The standard InChI is InChI=1S/C15H15NOS/c1-10-6-7-12(18-10)9-16-15(17)14-8-11-4-2-3-5-13(11)14/h2-7,14H,8-9H2,1H3,(H,16,17)/t14-/m0/s1. The van der Waals surface area contributed by atoms with E-state index in [1.165, 1.54) is 20.9 Å². The fraction of sp³-hybridized carbons (Fsp3) is 0.267. The molecule has 1 aliphatic carbocycles. The topological polar surface area (TPSA) is 29.1 Å². The third kappa shape index (κ3) is 2.06. The average Bonchev–Trinajstić information content (AvgIpc) is 2.74. The summed E-state index contributed by atoms with van der Waals surface area (Å²) >= 11 is 1.74. The second kappa shape index (κ2) is 4.58. The summed E-state index contributed by atoms with van der Waals surface area (Å²) in [7, 11) is 0. The van der Waals surface area contributed by atoms with Gasteiger partial charge in [-0.3, -0.25) is 4.79 Å². The maximum atomic E-state index is 12.1. The van der Waals surface area contributed by atoms with Crippen molar-refractivity contribution in [3.05, 3.63) is 57.3 Å². The number of carbonyl (C=O) groups is 1. The van der Waals surface area contributed by atoms with Gasteiger partial charge in [0.15, 0.2) is 0 Å². The molecule has 3 rings (SSSR count). The van der Waals surface area contributed by atoms with Crippen LogP contribution >= 0.6 is 11.3 Å². The highest BCUT2D eigenvalue weighted by Crippen LogP contribution is 2.34. The minimum Gasteiger partial charge on any atom is -0.351 e. The zero-order valence-corrected chi connectivity index (χ0v) is 11.1. The van der Waals surface area contributed by atoms with Crippen LogP contribution in [0.1, 0.15) is 26.8 Å². The van der Waals surface area contributed by atoms with Crippen molar-refractivity contribution in [3.63, 3.8) is 0 Å². The number of aryl methyl sites for hydroxylation is 1. The third-order valence-electron chi connectivity index (χ3n) is 3.40. The van der Waals surface area contributed by atoms with Crippen LogP contribution in [-0.2, 0) is 17.8 Å². The van der Waals surface area contributed by atoms with Crippen LogP contribution in [0.4, 0.5) is 0 Å². The van der Waals surface area contributed by atoms with E-state index in [0.717, 1.165) is 6.42 Å². The van der Waals surface area contributed by atoms with Crippen molar-refractivity contribution in [3.8, 4) is 0 Å². The van der Waals surface area contributed by atoms with Gasteiger partial charge < -0.3 is 5.32 Å². The van der Waals surface area contributed by atoms with Crippen molar-refractivity contribution in [1.82, 2.24) is 5.32 Å². The van der Waals surface area contributed by atoms with Gasteiger partial charge in [0.25, 0.3) is 0 Å². The molecule has 1 atom stereocenters. The third-order valence-corrected chi connectivity index (χ3v) is 4.40. The normalized spacial score (nSPS) is 16.8. The molecule has 1 heterocycles. The van der Waals surface area contributed by atoms with Gasteiger partial charge in [0.2, 0.25) is 5.91 Å². The van der Waals surface area contributed by atoms with Gasteiger partial charge in [-0.15, -0.1) is 11.3 Å². The molecular weight excluding hydrogens is 242 g/mol. The first kappa shape index (κ1) is 11.5. The van der Waals surface area contributed by atoms with Crippen molar-refractivity contribution in [2.45, 2.75) is 25.8 Å². The number of rotatable bonds is 3. The first-order valence-electron chi connectivity index (χ1n) is 6.15. The predicted octanol–water partition coefficient (Wildman–Crippen LogP) is 3.01. The second-order valence-electron chi connectivity index (χ2n) is 4.69. The number of benzene rings is 1. The zero-order chi connectivity index (χ0) is 12.5. The molecule has 0 fully saturated rings. The van der Waals surface area contributed by atoms with Crippen LogP contribution in [0.5, 0.6) is 0 Å². The molecule has 0 bridgehead atoms. The van der Waals surface area contributed by atoms with Crippen LogP contribution < -0.4 is 5.32 Å². The Labute approximate surface area is 111 Å². The van der Waals surface area contributed by atoms with Crippen LogP contribution in [0.25, 0.3) is 0 Å². The lowest BCUT2D eigenvalue weighted by Crippen LogP contribution is -2.34. The van der Waals surface area contributed by atoms with Gasteiger partial charge in [-0.1, -0.05) is 24.3 Å². The lowest BCUT2D eigenvalue weighted by atomic mass is 9.77. The predicted molar refractivity (Wildman–Crippen MR) is 73.8 cm³/mol. The van der Waals surface area contributed by atoms with Crippen molar-refractivity contribution in [2.24, 2.45) is 0 Å². The monoisotopic (exact) mass is 257 g/mol. The Balaban J connectivity index is 1.61. The van der Waals surface area contributed by atoms with Crippen LogP contribution in [0.3, 0.4) is 0 Å². The Morgan fingerprint density at radius 3 is 2.89 bits per heavy atom. The van der Waals surface area contributed by atoms with Gasteiger partial charge in [0.05, 0.1) is 12.5 Å². The lowest BCUT2D eigenvalue weighted by Gasteiger charge is -2.28. The Bertz CT molecular complexity index is 588. The maximum absolute atomic E-state index is 12.1. The molecule has 1 aromatic carbocycles. The summed E-state index contributed by atoms with van der Waals surface area (Å²) in [6.07, 6.45) is 0.880. The van der Waals surface area contributed by atoms with Crippen molar-refractivity contribution < 1.29 is 4.79 Å². The number of fused-ring (bicyclic) bond motifs is 1. The molecule has 2 aromatic rings.